The summed E-state index contributed by atoms with van der Waals surface area (Å²) < 4.78 is 6.14. The molecule has 0 radical (unpaired) electrons. The molecule has 3 heterocycles. The highest BCUT2D eigenvalue weighted by Crippen LogP contribution is 2.27. The minimum Gasteiger partial charge on any atom is -0.487 e. The lowest BCUT2D eigenvalue weighted by molar-refractivity contribution is 0.283. The van der Waals surface area contributed by atoms with Crippen LogP contribution in [0.5, 0.6) is 5.75 Å². The number of rotatable bonds is 9. The van der Waals surface area contributed by atoms with E-state index in [1.165, 1.54) is 0 Å². The average molecular weight is 412 g/mol. The van der Waals surface area contributed by atoms with E-state index in [0.717, 1.165) is 53.3 Å². The van der Waals surface area contributed by atoms with E-state index in [2.05, 4.69) is 44.0 Å². The van der Waals surface area contributed by atoms with Crippen LogP contribution in [-0.4, -0.2) is 38.4 Å². The summed E-state index contributed by atoms with van der Waals surface area (Å²) in [7, 11) is 2.11. The van der Waals surface area contributed by atoms with Gasteiger partial charge in [0.2, 0.25) is 0 Å². The maximum absolute atomic E-state index is 6.14. The van der Waals surface area contributed by atoms with Crippen LogP contribution >= 0.6 is 0 Å². The Bertz CT molecular complexity index is 1070. The molecule has 6 nitrogen and oxygen atoms in total. The van der Waals surface area contributed by atoms with Crippen molar-refractivity contribution in [1.82, 2.24) is 24.8 Å². The molecule has 0 amide bonds. The number of pyridine rings is 2. The van der Waals surface area contributed by atoms with Crippen molar-refractivity contribution >= 4 is 0 Å². The van der Waals surface area contributed by atoms with Crippen molar-refractivity contribution in [2.45, 2.75) is 19.6 Å². The van der Waals surface area contributed by atoms with Gasteiger partial charge in [0.05, 0.1) is 5.69 Å². The number of benzene rings is 1. The van der Waals surface area contributed by atoms with Gasteiger partial charge in [-0.1, -0.05) is 18.2 Å². The molecular formula is C25H25N5O. The molecule has 1 aromatic carbocycles. The van der Waals surface area contributed by atoms with Crippen molar-refractivity contribution < 1.29 is 4.74 Å². The van der Waals surface area contributed by atoms with E-state index >= 15 is 0 Å². The molecule has 0 atom stereocenters. The molecule has 0 saturated heterocycles. The topological polar surface area (TPSA) is 64.0 Å². The first kappa shape index (κ1) is 20.6. The molecule has 0 saturated carbocycles. The van der Waals surface area contributed by atoms with E-state index < -0.39 is 0 Å². The minimum absolute atomic E-state index is 0.430. The lowest BCUT2D eigenvalue weighted by Crippen LogP contribution is -2.21. The number of hydrogen-bond donors (Lipinski definition) is 0. The van der Waals surface area contributed by atoms with E-state index in [1.807, 2.05) is 61.1 Å². The van der Waals surface area contributed by atoms with Crippen LogP contribution in [0, 0.1) is 0 Å². The van der Waals surface area contributed by atoms with Crippen molar-refractivity contribution in [3.8, 4) is 16.9 Å². The highest BCUT2D eigenvalue weighted by Gasteiger charge is 2.11. The molecule has 6 heteroatoms. The van der Waals surface area contributed by atoms with Gasteiger partial charge in [0.1, 0.15) is 18.7 Å². The molecular weight excluding hydrogens is 386 g/mol. The van der Waals surface area contributed by atoms with E-state index in [1.54, 1.807) is 12.5 Å². The standard InChI is InChI=1S/C25H25N5O/c1-30(13-10-23-6-2-4-11-28-23)17-21-14-20(22-15-26-19-27-16-22)8-9-25(21)31-18-24-7-3-5-12-29-24/h2-9,11-12,14-16,19H,10,13,17-18H2,1H3. The normalized spacial score (nSPS) is 10.9. The Balaban J connectivity index is 1.51. The SMILES string of the molecule is CN(CCc1ccccn1)Cc1cc(-c2cncnc2)ccc1OCc1ccccn1. The maximum Gasteiger partial charge on any atom is 0.130 e. The van der Waals surface area contributed by atoms with Gasteiger partial charge in [-0.25, -0.2) is 9.97 Å². The lowest BCUT2D eigenvalue weighted by Gasteiger charge is -2.20. The van der Waals surface area contributed by atoms with Gasteiger partial charge in [-0.3, -0.25) is 9.97 Å². The first-order valence-electron chi connectivity index (χ1n) is 10.3. The van der Waals surface area contributed by atoms with E-state index in [-0.39, 0.29) is 0 Å². The average Bonchev–Trinajstić information content (AvgIpc) is 2.84. The Labute approximate surface area is 182 Å². The zero-order valence-corrected chi connectivity index (χ0v) is 17.6. The number of ether oxygens (including phenoxy) is 1. The molecule has 0 bridgehead atoms. The summed E-state index contributed by atoms with van der Waals surface area (Å²) in [5.41, 5.74) is 5.16. The smallest absolute Gasteiger partial charge is 0.130 e. The van der Waals surface area contributed by atoms with Crippen LogP contribution in [0.15, 0.2) is 85.7 Å². The van der Waals surface area contributed by atoms with Gasteiger partial charge in [0.15, 0.2) is 0 Å². The van der Waals surface area contributed by atoms with Gasteiger partial charge in [0, 0.05) is 61.1 Å². The first-order valence-corrected chi connectivity index (χ1v) is 10.3. The molecule has 31 heavy (non-hydrogen) atoms. The van der Waals surface area contributed by atoms with Gasteiger partial charge in [-0.15, -0.1) is 0 Å². The Morgan fingerprint density at radius 2 is 1.58 bits per heavy atom. The van der Waals surface area contributed by atoms with Gasteiger partial charge in [-0.05, 0) is 49.0 Å². The quantitative estimate of drug-likeness (QED) is 0.412. The predicted molar refractivity (Wildman–Crippen MR) is 120 cm³/mol. The fraction of sp³-hybridized carbons (Fsp3) is 0.200. The van der Waals surface area contributed by atoms with Gasteiger partial charge >= 0.3 is 0 Å². The van der Waals surface area contributed by atoms with Crippen LogP contribution in [-0.2, 0) is 19.6 Å². The molecule has 0 fully saturated rings. The molecule has 0 spiro atoms. The van der Waals surface area contributed by atoms with Crippen molar-refractivity contribution in [3.63, 3.8) is 0 Å². The van der Waals surface area contributed by atoms with E-state index in [9.17, 15) is 0 Å². The third kappa shape index (κ3) is 5.93. The molecule has 3 aromatic heterocycles. The molecule has 4 aromatic rings. The van der Waals surface area contributed by atoms with Crippen LogP contribution in [0.4, 0.5) is 0 Å². The molecule has 156 valence electrons. The van der Waals surface area contributed by atoms with Crippen LogP contribution in [0.25, 0.3) is 11.1 Å². The predicted octanol–water partition coefficient (Wildman–Crippen LogP) is 4.19. The Kier molecular flexibility index (Phi) is 6.92. The Morgan fingerprint density at radius 3 is 2.29 bits per heavy atom. The van der Waals surface area contributed by atoms with Crippen molar-refractivity contribution in [2.75, 3.05) is 13.6 Å². The fourth-order valence-corrected chi connectivity index (χ4v) is 3.33. The number of likely N-dealkylation sites (N-methyl/N-ethyl adjacent to an activating group) is 1. The van der Waals surface area contributed by atoms with Crippen LogP contribution < -0.4 is 4.74 Å². The molecule has 0 N–H and O–H groups in total. The Morgan fingerprint density at radius 1 is 0.839 bits per heavy atom. The molecule has 0 unspecified atom stereocenters. The zero-order valence-electron chi connectivity index (χ0n) is 17.6. The lowest BCUT2D eigenvalue weighted by atomic mass is 10.0. The summed E-state index contributed by atoms with van der Waals surface area (Å²) in [4.78, 5) is 19.3. The summed E-state index contributed by atoms with van der Waals surface area (Å²) in [5.74, 6) is 0.857. The summed E-state index contributed by atoms with van der Waals surface area (Å²) in [6.45, 7) is 2.08. The monoisotopic (exact) mass is 411 g/mol. The zero-order chi connectivity index (χ0) is 21.3. The van der Waals surface area contributed by atoms with Crippen LogP contribution in [0.2, 0.25) is 0 Å². The van der Waals surface area contributed by atoms with Gasteiger partial charge < -0.3 is 9.64 Å². The third-order valence-electron chi connectivity index (χ3n) is 4.97. The molecule has 0 aliphatic rings. The highest BCUT2D eigenvalue weighted by molar-refractivity contribution is 5.64. The van der Waals surface area contributed by atoms with Gasteiger partial charge in [-0.2, -0.15) is 0 Å². The molecule has 4 rings (SSSR count). The van der Waals surface area contributed by atoms with E-state index in [4.69, 9.17) is 4.74 Å². The Hall–Kier alpha value is -3.64. The summed E-state index contributed by atoms with van der Waals surface area (Å²) >= 11 is 0. The summed E-state index contributed by atoms with van der Waals surface area (Å²) in [6, 6.07) is 18.1. The second kappa shape index (κ2) is 10.4. The third-order valence-corrected chi connectivity index (χ3v) is 4.97. The number of hydrogen-bond acceptors (Lipinski definition) is 6. The van der Waals surface area contributed by atoms with E-state index in [0.29, 0.717) is 6.61 Å². The summed E-state index contributed by atoms with van der Waals surface area (Å²) in [5, 5.41) is 0. The number of nitrogens with zero attached hydrogens (tertiary/aromatic N) is 5. The second-order valence-electron chi connectivity index (χ2n) is 7.37. The van der Waals surface area contributed by atoms with Crippen molar-refractivity contribution in [2.24, 2.45) is 0 Å². The largest absolute Gasteiger partial charge is 0.487 e. The highest BCUT2D eigenvalue weighted by atomic mass is 16.5. The maximum atomic E-state index is 6.14. The number of aromatic nitrogens is 4. The first-order chi connectivity index (χ1) is 15.3. The fourth-order valence-electron chi connectivity index (χ4n) is 3.33. The molecule has 0 aliphatic heterocycles. The van der Waals surface area contributed by atoms with Gasteiger partial charge in [0.25, 0.3) is 0 Å². The minimum atomic E-state index is 0.430. The van der Waals surface area contributed by atoms with Crippen molar-refractivity contribution in [3.05, 3.63) is 103 Å². The molecule has 0 aliphatic carbocycles. The summed E-state index contributed by atoms with van der Waals surface area (Å²) in [6.07, 6.45) is 9.71. The van der Waals surface area contributed by atoms with Crippen molar-refractivity contribution in [1.29, 1.82) is 0 Å². The second-order valence-corrected chi connectivity index (χ2v) is 7.37. The van der Waals surface area contributed by atoms with Crippen LogP contribution in [0.1, 0.15) is 17.0 Å². The van der Waals surface area contributed by atoms with Crippen LogP contribution in [0.3, 0.4) is 0 Å².